The van der Waals surface area contributed by atoms with Gasteiger partial charge in [0.05, 0.1) is 0 Å². The van der Waals surface area contributed by atoms with Gasteiger partial charge in [0.15, 0.2) is 12.4 Å². The minimum Gasteiger partial charge on any atom is -0.457 e. The molecule has 0 radical (unpaired) electrons. The minimum absolute atomic E-state index is 0.166. The highest BCUT2D eigenvalue weighted by Gasteiger charge is 2.08. The van der Waals surface area contributed by atoms with Gasteiger partial charge in [-0.25, -0.2) is 0 Å². The molecule has 0 fully saturated rings. The number of nitrogens with one attached hydrogen (secondary N) is 1. The lowest BCUT2D eigenvalue weighted by molar-refractivity contribution is -0.142. The Morgan fingerprint density at radius 3 is 1.68 bits per heavy atom. The number of carbonyl (C=O) groups is 2. The second-order valence-electron chi connectivity index (χ2n) is 8.54. The van der Waals surface area contributed by atoms with E-state index in [1.165, 1.54) is 89.9 Å². The Bertz CT molecular complexity index is 583. The summed E-state index contributed by atoms with van der Waals surface area (Å²) in [6.45, 7) is 4.77. The van der Waals surface area contributed by atoms with Crippen molar-refractivity contribution in [3.05, 3.63) is 29.8 Å². The van der Waals surface area contributed by atoms with E-state index in [1.807, 2.05) is 12.1 Å². The number of carbonyl (C=O) groups excluding carboxylic acids is 2. The van der Waals surface area contributed by atoms with Gasteiger partial charge in [-0.15, -0.1) is 0 Å². The highest BCUT2D eigenvalue weighted by molar-refractivity contribution is 5.98. The summed E-state index contributed by atoms with van der Waals surface area (Å²) in [5.74, 6) is -0.514. The molecule has 0 amide bonds. The van der Waals surface area contributed by atoms with E-state index in [9.17, 15) is 9.59 Å². The molecule has 0 aliphatic rings. The van der Waals surface area contributed by atoms with Crippen molar-refractivity contribution in [2.45, 2.75) is 110 Å². The number of anilines is 1. The number of Topliss-reactive ketones (excluding diaryl/α,β-unsaturated/α-hetero) is 1. The molecular formula is C27H45NO3. The van der Waals surface area contributed by atoms with Crippen molar-refractivity contribution in [2.24, 2.45) is 0 Å². The van der Waals surface area contributed by atoms with E-state index in [1.54, 1.807) is 19.1 Å². The zero-order valence-electron chi connectivity index (χ0n) is 20.1. The van der Waals surface area contributed by atoms with E-state index in [0.29, 0.717) is 5.56 Å². The van der Waals surface area contributed by atoms with Crippen molar-refractivity contribution in [2.75, 3.05) is 18.5 Å². The Hall–Kier alpha value is -1.84. The maximum atomic E-state index is 12.0. The van der Waals surface area contributed by atoms with Gasteiger partial charge in [-0.2, -0.15) is 0 Å². The number of hydrogen-bond acceptors (Lipinski definition) is 4. The van der Waals surface area contributed by atoms with Crippen LogP contribution in [-0.4, -0.2) is 24.9 Å². The summed E-state index contributed by atoms with van der Waals surface area (Å²) in [7, 11) is 0. The SMILES string of the molecule is CCCCCCCCCCCCCCCCNc1ccc(C(=O)COC(=O)CC)cc1. The summed E-state index contributed by atoms with van der Waals surface area (Å²) in [4.78, 5) is 23.1. The first-order valence-electron chi connectivity index (χ1n) is 12.7. The highest BCUT2D eigenvalue weighted by Crippen LogP contribution is 2.14. The van der Waals surface area contributed by atoms with Gasteiger partial charge in [-0.05, 0) is 30.7 Å². The van der Waals surface area contributed by atoms with E-state index < -0.39 is 0 Å². The molecule has 0 atom stereocenters. The van der Waals surface area contributed by atoms with E-state index in [2.05, 4.69) is 12.2 Å². The standard InChI is InChI=1S/C27H45NO3/c1-3-5-6-7-8-9-10-11-12-13-14-15-16-17-22-28-25-20-18-24(19-21-25)26(29)23-31-27(30)4-2/h18-21,28H,3-17,22-23H2,1-2H3. The molecule has 0 unspecified atom stereocenters. The summed E-state index contributed by atoms with van der Waals surface area (Å²) in [6.07, 6.45) is 19.5. The third kappa shape index (κ3) is 14.7. The minimum atomic E-state index is -0.347. The molecule has 0 aromatic heterocycles. The van der Waals surface area contributed by atoms with E-state index in [-0.39, 0.29) is 24.8 Å². The van der Waals surface area contributed by atoms with Crippen molar-refractivity contribution in [3.63, 3.8) is 0 Å². The molecular weight excluding hydrogens is 386 g/mol. The van der Waals surface area contributed by atoms with Crippen LogP contribution in [0.4, 0.5) is 5.69 Å². The van der Waals surface area contributed by atoms with Crippen LogP contribution in [-0.2, 0) is 9.53 Å². The first-order valence-corrected chi connectivity index (χ1v) is 12.7. The van der Waals surface area contributed by atoms with Crippen LogP contribution in [0.5, 0.6) is 0 Å². The molecule has 31 heavy (non-hydrogen) atoms. The Morgan fingerprint density at radius 1 is 0.710 bits per heavy atom. The molecule has 1 rings (SSSR count). The number of esters is 1. The molecule has 1 aromatic rings. The normalized spacial score (nSPS) is 10.8. The van der Waals surface area contributed by atoms with Gasteiger partial charge in [0, 0.05) is 24.2 Å². The fraction of sp³-hybridized carbons (Fsp3) is 0.704. The molecule has 176 valence electrons. The molecule has 0 aliphatic carbocycles. The van der Waals surface area contributed by atoms with Gasteiger partial charge in [-0.3, -0.25) is 9.59 Å². The van der Waals surface area contributed by atoms with Crippen LogP contribution in [0.1, 0.15) is 121 Å². The predicted octanol–water partition coefficient (Wildman–Crippen LogP) is 7.72. The summed E-state index contributed by atoms with van der Waals surface area (Å²) in [6, 6.07) is 7.41. The quantitative estimate of drug-likeness (QED) is 0.130. The van der Waals surface area contributed by atoms with Gasteiger partial charge in [0.2, 0.25) is 0 Å². The first-order chi connectivity index (χ1) is 15.2. The Kier molecular flexibility index (Phi) is 16.6. The predicted molar refractivity (Wildman–Crippen MR) is 131 cm³/mol. The second-order valence-corrected chi connectivity index (χ2v) is 8.54. The van der Waals surface area contributed by atoms with Crippen LogP contribution < -0.4 is 5.32 Å². The van der Waals surface area contributed by atoms with Crippen molar-refractivity contribution in [3.8, 4) is 0 Å². The monoisotopic (exact) mass is 431 g/mol. The van der Waals surface area contributed by atoms with E-state index >= 15 is 0 Å². The van der Waals surface area contributed by atoms with Crippen molar-refractivity contribution in [1.29, 1.82) is 0 Å². The number of ketones is 1. The molecule has 4 heteroatoms. The molecule has 0 aliphatic heterocycles. The van der Waals surface area contributed by atoms with Gasteiger partial charge >= 0.3 is 5.97 Å². The summed E-state index contributed by atoms with van der Waals surface area (Å²) in [5, 5.41) is 3.42. The van der Waals surface area contributed by atoms with Crippen LogP contribution in [0.3, 0.4) is 0 Å². The van der Waals surface area contributed by atoms with Crippen LogP contribution in [0.25, 0.3) is 0 Å². The largest absolute Gasteiger partial charge is 0.457 e. The van der Waals surface area contributed by atoms with Crippen LogP contribution in [0.2, 0.25) is 0 Å². The van der Waals surface area contributed by atoms with Crippen LogP contribution >= 0.6 is 0 Å². The maximum Gasteiger partial charge on any atom is 0.305 e. The fourth-order valence-electron chi connectivity index (χ4n) is 3.66. The molecule has 1 N–H and O–H groups in total. The zero-order valence-corrected chi connectivity index (χ0v) is 20.1. The fourth-order valence-corrected chi connectivity index (χ4v) is 3.66. The number of ether oxygens (including phenoxy) is 1. The Labute approximate surface area is 190 Å². The summed E-state index contributed by atoms with van der Waals surface area (Å²) < 4.78 is 4.89. The average Bonchev–Trinajstić information content (AvgIpc) is 2.80. The van der Waals surface area contributed by atoms with Gasteiger partial charge < -0.3 is 10.1 Å². The topological polar surface area (TPSA) is 55.4 Å². The molecule has 1 aromatic carbocycles. The van der Waals surface area contributed by atoms with Crippen LogP contribution in [0, 0.1) is 0 Å². The smallest absolute Gasteiger partial charge is 0.305 e. The first kappa shape index (κ1) is 27.2. The third-order valence-electron chi connectivity index (χ3n) is 5.72. The molecule has 4 nitrogen and oxygen atoms in total. The van der Waals surface area contributed by atoms with Gasteiger partial charge in [-0.1, -0.05) is 97.3 Å². The Morgan fingerprint density at radius 2 is 1.19 bits per heavy atom. The zero-order chi connectivity index (χ0) is 22.6. The lowest BCUT2D eigenvalue weighted by Crippen LogP contribution is -2.13. The van der Waals surface area contributed by atoms with E-state index in [0.717, 1.165) is 12.2 Å². The number of rotatable bonds is 20. The maximum absolute atomic E-state index is 12.0. The second kappa shape index (κ2) is 18.9. The highest BCUT2D eigenvalue weighted by atomic mass is 16.5. The number of unbranched alkanes of at least 4 members (excludes halogenated alkanes) is 13. The lowest BCUT2D eigenvalue weighted by atomic mass is 10.0. The van der Waals surface area contributed by atoms with Gasteiger partial charge in [0.25, 0.3) is 0 Å². The summed E-state index contributed by atoms with van der Waals surface area (Å²) in [5.41, 5.74) is 1.60. The van der Waals surface area contributed by atoms with Gasteiger partial charge in [0.1, 0.15) is 0 Å². The van der Waals surface area contributed by atoms with E-state index in [4.69, 9.17) is 4.74 Å². The summed E-state index contributed by atoms with van der Waals surface area (Å²) >= 11 is 0. The van der Waals surface area contributed by atoms with Crippen molar-refractivity contribution < 1.29 is 14.3 Å². The molecule has 0 bridgehead atoms. The molecule has 0 heterocycles. The number of benzene rings is 1. The third-order valence-corrected chi connectivity index (χ3v) is 5.72. The number of hydrogen-bond donors (Lipinski definition) is 1. The van der Waals surface area contributed by atoms with Crippen LogP contribution in [0.15, 0.2) is 24.3 Å². The Balaban J connectivity index is 1.95. The molecule has 0 saturated carbocycles. The van der Waals surface area contributed by atoms with Crippen molar-refractivity contribution >= 4 is 17.4 Å². The average molecular weight is 432 g/mol. The molecule has 0 spiro atoms. The lowest BCUT2D eigenvalue weighted by Gasteiger charge is -2.08. The van der Waals surface area contributed by atoms with Crippen molar-refractivity contribution in [1.82, 2.24) is 0 Å². The molecule has 0 saturated heterocycles.